The molecule has 5 atom stereocenters. The summed E-state index contributed by atoms with van der Waals surface area (Å²) in [6.07, 6.45) is 5.45. The number of amides is 1. The Morgan fingerprint density at radius 1 is 0.938 bits per heavy atom. The summed E-state index contributed by atoms with van der Waals surface area (Å²) in [6.45, 7) is 10.9. The molecule has 4 fully saturated rings. The molecule has 1 N–H and O–H groups in total. The summed E-state index contributed by atoms with van der Waals surface area (Å²) in [5, 5.41) is 3.46. The summed E-state index contributed by atoms with van der Waals surface area (Å²) >= 11 is 13.0. The molecule has 0 aromatic heterocycles. The van der Waals surface area contributed by atoms with E-state index in [1.807, 2.05) is 67.6 Å². The maximum Gasteiger partial charge on any atom is 0.324 e. The van der Waals surface area contributed by atoms with Crippen LogP contribution in [0, 0.1) is 16.6 Å². The number of allylic oxidation sites excluding steroid dienone is 4. The van der Waals surface area contributed by atoms with Crippen molar-refractivity contribution in [3.8, 4) is 0 Å². The molecule has 1 amide bonds. The second kappa shape index (κ2) is 12.0. The summed E-state index contributed by atoms with van der Waals surface area (Å²) in [6, 6.07) is 23.0. The number of fused-ring (bicyclic) bond motifs is 3. The molecular weight excluding hydrogens is 646 g/mol. The van der Waals surface area contributed by atoms with Crippen LogP contribution in [0.4, 0.5) is 4.39 Å². The quantitative estimate of drug-likeness (QED) is 0.278. The molecule has 248 valence electrons. The van der Waals surface area contributed by atoms with Gasteiger partial charge in [0, 0.05) is 22.2 Å². The van der Waals surface area contributed by atoms with E-state index in [9.17, 15) is 4.79 Å². The third-order valence-corrected chi connectivity index (χ3v) is 12.0. The molecule has 5 nitrogen and oxygen atoms in total. The van der Waals surface area contributed by atoms with Crippen LogP contribution in [0.15, 0.2) is 114 Å². The molecule has 2 spiro atoms. The van der Waals surface area contributed by atoms with Crippen molar-refractivity contribution in [2.45, 2.75) is 76.1 Å². The van der Waals surface area contributed by atoms with Crippen LogP contribution in [0.1, 0.15) is 81.2 Å². The molecule has 0 bridgehead atoms. The van der Waals surface area contributed by atoms with E-state index in [2.05, 4.69) is 30.6 Å². The zero-order valence-corrected chi connectivity index (χ0v) is 28.8. The van der Waals surface area contributed by atoms with Crippen LogP contribution in [0.3, 0.4) is 0 Å². The molecule has 0 radical (unpaired) electrons. The van der Waals surface area contributed by atoms with E-state index in [0.29, 0.717) is 29.1 Å². The van der Waals surface area contributed by atoms with E-state index in [-0.39, 0.29) is 21.9 Å². The monoisotopic (exact) mass is 684 g/mol. The van der Waals surface area contributed by atoms with Gasteiger partial charge in [0.15, 0.2) is 0 Å². The van der Waals surface area contributed by atoms with Gasteiger partial charge in [0.1, 0.15) is 23.4 Å². The van der Waals surface area contributed by atoms with Gasteiger partial charge in [-0.15, -0.1) is 0 Å². The third kappa shape index (κ3) is 4.74. The first-order valence-corrected chi connectivity index (χ1v) is 17.3. The Morgan fingerprint density at radius 2 is 1.56 bits per heavy atom. The van der Waals surface area contributed by atoms with Crippen LogP contribution < -0.4 is 5.32 Å². The number of carbonyl (C=O) groups excluding carboxylic acids is 2. The zero-order chi connectivity index (χ0) is 34.0. The van der Waals surface area contributed by atoms with Crippen molar-refractivity contribution >= 4 is 35.1 Å². The standard InChI is InChI=1S/C40H39Cl2FN2O3/c1-5-27(41)23-30-24(2)40(37(47)44-30)31(28-17-12-18-29(42)32(28)43)34-36(46)48-35(26-15-10-7-11-16-26)33(25-13-8-6-9-14-25)45(34)39(40)21-19-38(3,4)20-22-39/h5-18,23,31,33-35H,2,19-22H2,1,3-4H3,(H,44,47)/b27-5+,30-23+/t31-,33+,34+,35-,40-/m0/s1. The molecule has 7 rings (SSSR count). The number of halogens is 3. The van der Waals surface area contributed by atoms with Crippen LogP contribution in [0.5, 0.6) is 0 Å². The van der Waals surface area contributed by atoms with Crippen LogP contribution in [-0.4, -0.2) is 28.4 Å². The van der Waals surface area contributed by atoms with Crippen molar-refractivity contribution in [3.63, 3.8) is 0 Å². The topological polar surface area (TPSA) is 58.6 Å². The average Bonchev–Trinajstić information content (AvgIpc) is 3.49. The number of hydrogen-bond acceptors (Lipinski definition) is 4. The summed E-state index contributed by atoms with van der Waals surface area (Å²) in [5.41, 5.74) is 0.481. The van der Waals surface area contributed by atoms with Crippen molar-refractivity contribution < 1.29 is 18.7 Å². The number of nitrogens with one attached hydrogen (secondary N) is 1. The van der Waals surface area contributed by atoms with Gasteiger partial charge in [0.25, 0.3) is 0 Å². The first-order valence-electron chi connectivity index (χ1n) is 16.5. The van der Waals surface area contributed by atoms with Gasteiger partial charge >= 0.3 is 5.97 Å². The van der Waals surface area contributed by atoms with Crippen molar-refractivity contribution in [1.82, 2.24) is 10.2 Å². The Balaban J connectivity index is 1.59. The lowest BCUT2D eigenvalue weighted by Crippen LogP contribution is -2.63. The molecule has 3 aromatic carbocycles. The number of esters is 1. The lowest BCUT2D eigenvalue weighted by atomic mass is 9.53. The third-order valence-electron chi connectivity index (χ3n) is 11.4. The molecular formula is C40H39Cl2FN2O3. The predicted molar refractivity (Wildman–Crippen MR) is 187 cm³/mol. The van der Waals surface area contributed by atoms with Gasteiger partial charge in [-0.2, -0.15) is 0 Å². The number of cyclic esters (lactones) is 1. The van der Waals surface area contributed by atoms with Crippen LogP contribution >= 0.6 is 23.2 Å². The van der Waals surface area contributed by atoms with E-state index < -0.39 is 46.8 Å². The normalized spacial score (nSPS) is 30.5. The predicted octanol–water partition coefficient (Wildman–Crippen LogP) is 9.32. The Hall–Kier alpha value is -3.71. The number of ether oxygens (including phenoxy) is 1. The molecule has 3 saturated heterocycles. The zero-order valence-electron chi connectivity index (χ0n) is 27.3. The lowest BCUT2D eigenvalue weighted by Gasteiger charge is -2.57. The van der Waals surface area contributed by atoms with E-state index >= 15 is 9.18 Å². The minimum Gasteiger partial charge on any atom is -0.454 e. The molecule has 4 aliphatic rings. The van der Waals surface area contributed by atoms with Crippen molar-refractivity contribution in [1.29, 1.82) is 0 Å². The van der Waals surface area contributed by atoms with Gasteiger partial charge < -0.3 is 10.1 Å². The molecule has 3 aromatic rings. The van der Waals surface area contributed by atoms with Gasteiger partial charge in [0.05, 0.1) is 11.1 Å². The summed E-state index contributed by atoms with van der Waals surface area (Å²) in [4.78, 5) is 32.2. The minimum atomic E-state index is -1.46. The smallest absolute Gasteiger partial charge is 0.324 e. The van der Waals surface area contributed by atoms with Gasteiger partial charge in [-0.3, -0.25) is 14.5 Å². The van der Waals surface area contributed by atoms with Crippen molar-refractivity contribution in [2.24, 2.45) is 10.8 Å². The fourth-order valence-electron chi connectivity index (χ4n) is 9.10. The second-order valence-electron chi connectivity index (χ2n) is 14.3. The lowest BCUT2D eigenvalue weighted by molar-refractivity contribution is -0.184. The SMILES string of the molecule is C=C1/C(=C\C(Cl)=C/C)NC(=O)[C@@]12[C@@H](c1cccc(Cl)c1F)[C@@H]1C(=O)O[C@@H](c3ccccc3)[C@@H](c3ccccc3)N1C21CCC(C)(C)CC1. The van der Waals surface area contributed by atoms with E-state index in [1.165, 1.54) is 6.07 Å². The largest absolute Gasteiger partial charge is 0.454 e. The maximum absolute atomic E-state index is 16.5. The number of rotatable bonds is 4. The van der Waals surface area contributed by atoms with Crippen LogP contribution in [0.2, 0.25) is 5.02 Å². The first kappa shape index (κ1) is 32.8. The van der Waals surface area contributed by atoms with Crippen molar-refractivity contribution in [3.05, 3.63) is 141 Å². The fourth-order valence-corrected chi connectivity index (χ4v) is 9.39. The Morgan fingerprint density at radius 3 is 2.19 bits per heavy atom. The molecule has 3 aliphatic heterocycles. The highest BCUT2D eigenvalue weighted by Gasteiger charge is 2.79. The second-order valence-corrected chi connectivity index (χ2v) is 15.1. The summed E-state index contributed by atoms with van der Waals surface area (Å²) in [7, 11) is 0. The van der Waals surface area contributed by atoms with E-state index in [4.69, 9.17) is 27.9 Å². The van der Waals surface area contributed by atoms with Gasteiger partial charge in [-0.05, 0) is 72.4 Å². The van der Waals surface area contributed by atoms with Crippen molar-refractivity contribution in [2.75, 3.05) is 0 Å². The molecule has 48 heavy (non-hydrogen) atoms. The number of benzene rings is 3. The summed E-state index contributed by atoms with van der Waals surface area (Å²) in [5.74, 6) is -2.49. The average molecular weight is 686 g/mol. The van der Waals surface area contributed by atoms with Crippen LogP contribution in [-0.2, 0) is 14.3 Å². The minimum absolute atomic E-state index is 0.0119. The van der Waals surface area contributed by atoms with Gasteiger partial charge in [-0.25, -0.2) is 4.39 Å². The number of carbonyl (C=O) groups is 2. The molecule has 3 heterocycles. The molecule has 1 saturated carbocycles. The summed E-state index contributed by atoms with van der Waals surface area (Å²) < 4.78 is 23.0. The molecule has 0 unspecified atom stereocenters. The van der Waals surface area contributed by atoms with Gasteiger partial charge in [-0.1, -0.05) is 123 Å². The van der Waals surface area contributed by atoms with Gasteiger partial charge in [0.2, 0.25) is 5.91 Å². The van der Waals surface area contributed by atoms with Crippen LogP contribution in [0.25, 0.3) is 0 Å². The highest BCUT2D eigenvalue weighted by Crippen LogP contribution is 2.72. The fraction of sp³-hybridized carbons (Fsp3) is 0.350. The van der Waals surface area contributed by atoms with E-state index in [1.54, 1.807) is 24.3 Å². The highest BCUT2D eigenvalue weighted by molar-refractivity contribution is 6.31. The molecule has 8 heteroatoms. The highest BCUT2D eigenvalue weighted by atomic mass is 35.5. The number of nitrogens with zero attached hydrogens (tertiary/aromatic N) is 1. The Labute approximate surface area is 291 Å². The Kier molecular flexibility index (Phi) is 8.21. The first-order chi connectivity index (χ1) is 23.0. The number of hydrogen-bond donors (Lipinski definition) is 1. The molecule has 1 aliphatic carbocycles. The maximum atomic E-state index is 16.5. The number of morpholine rings is 1. The van der Waals surface area contributed by atoms with E-state index in [0.717, 1.165) is 24.0 Å². The Bertz CT molecular complexity index is 1850.